The Balaban J connectivity index is 1.37. The van der Waals surface area contributed by atoms with Crippen LogP contribution in [0.3, 0.4) is 0 Å². The maximum atomic E-state index is 12.6. The average molecular weight is 561 g/mol. The van der Waals surface area contributed by atoms with E-state index in [1.165, 1.54) is 0 Å². The first-order valence-electron chi connectivity index (χ1n) is 13.9. The smallest absolute Gasteiger partial charge is 0.255 e. The minimum Gasteiger partial charge on any atom is -0.360 e. The summed E-state index contributed by atoms with van der Waals surface area (Å²) in [5.74, 6) is -0.140. The van der Waals surface area contributed by atoms with Crippen LogP contribution in [0.25, 0.3) is 23.1 Å². The van der Waals surface area contributed by atoms with Crippen molar-refractivity contribution in [2.24, 2.45) is 0 Å². The van der Waals surface area contributed by atoms with Crippen molar-refractivity contribution in [2.45, 2.75) is 32.4 Å². The molecular weight excluding hydrogens is 524 g/mol. The minimum absolute atomic E-state index is 0.140. The number of carbonyl (C=O) groups is 1. The summed E-state index contributed by atoms with van der Waals surface area (Å²) >= 11 is 0. The first-order valence-corrected chi connectivity index (χ1v) is 17.6. The van der Waals surface area contributed by atoms with Crippen molar-refractivity contribution in [2.75, 3.05) is 17.2 Å². The Kier molecular flexibility index (Phi) is 8.77. The maximum absolute atomic E-state index is 12.6. The third kappa shape index (κ3) is 7.81. The Bertz CT molecular complexity index is 1640. The molecule has 4 aromatic carbocycles. The number of fused-ring (bicyclic) bond motifs is 1. The maximum Gasteiger partial charge on any atom is 0.255 e. The van der Waals surface area contributed by atoms with Gasteiger partial charge in [0.05, 0.1) is 11.2 Å². The Morgan fingerprint density at radius 2 is 1.54 bits per heavy atom. The zero-order chi connectivity index (χ0) is 28.7. The number of aromatic nitrogens is 2. The molecule has 5 rings (SSSR count). The Morgan fingerprint density at radius 1 is 0.829 bits per heavy atom. The number of ether oxygens (including phenoxy) is 1. The van der Waals surface area contributed by atoms with E-state index in [-0.39, 0.29) is 5.91 Å². The molecule has 0 saturated carbocycles. The van der Waals surface area contributed by atoms with Crippen LogP contribution in [0, 0.1) is 0 Å². The number of anilines is 3. The Hall–Kier alpha value is -4.46. The van der Waals surface area contributed by atoms with Crippen LogP contribution in [-0.4, -0.2) is 30.4 Å². The molecule has 0 fully saturated rings. The molecular formula is C34H36N4O2Si. The van der Waals surface area contributed by atoms with Crippen molar-refractivity contribution >= 4 is 54.1 Å². The van der Waals surface area contributed by atoms with Crippen molar-refractivity contribution in [1.29, 1.82) is 0 Å². The average Bonchev–Trinajstić information content (AvgIpc) is 3.31. The van der Waals surface area contributed by atoms with Gasteiger partial charge in [-0.1, -0.05) is 80.3 Å². The van der Waals surface area contributed by atoms with Gasteiger partial charge in [0.2, 0.25) is 0 Å². The van der Waals surface area contributed by atoms with Gasteiger partial charge in [-0.05, 0) is 66.2 Å². The minimum atomic E-state index is -1.18. The molecule has 6 nitrogen and oxygen atoms in total. The van der Waals surface area contributed by atoms with Crippen LogP contribution in [0.1, 0.15) is 21.6 Å². The lowest BCUT2D eigenvalue weighted by atomic mass is 10.1. The molecule has 1 amide bonds. The first kappa shape index (κ1) is 28.1. The fourth-order valence-corrected chi connectivity index (χ4v) is 5.16. The van der Waals surface area contributed by atoms with Gasteiger partial charge >= 0.3 is 0 Å². The highest BCUT2D eigenvalue weighted by molar-refractivity contribution is 6.76. The zero-order valence-electron chi connectivity index (χ0n) is 23.8. The van der Waals surface area contributed by atoms with Crippen molar-refractivity contribution in [3.8, 4) is 0 Å². The first-order chi connectivity index (χ1) is 19.8. The van der Waals surface area contributed by atoms with Crippen LogP contribution in [0.15, 0.2) is 103 Å². The van der Waals surface area contributed by atoms with Crippen LogP contribution in [0.4, 0.5) is 17.1 Å². The third-order valence-electron chi connectivity index (χ3n) is 6.67. The standard InChI is InChI=1S/C34H36N4O2Si/c1-41(2,3)22-21-40-25-38-33-24-30(18-19-31(33)32(37-38)20-17-26-11-6-4-7-12-26)35-28-15-10-16-29(23-28)36-34(39)27-13-8-5-9-14-27/h4-20,23-24,35H,21-22,25H2,1-3H3,(H,36,39). The molecule has 208 valence electrons. The molecule has 7 heteroatoms. The van der Waals surface area contributed by atoms with Crippen LogP contribution in [0.2, 0.25) is 25.7 Å². The predicted molar refractivity (Wildman–Crippen MR) is 173 cm³/mol. The summed E-state index contributed by atoms with van der Waals surface area (Å²) in [6.45, 7) is 8.18. The van der Waals surface area contributed by atoms with E-state index in [2.05, 4.69) is 72.8 Å². The number of carbonyl (C=O) groups excluding carboxylic acids is 1. The highest BCUT2D eigenvalue weighted by Gasteiger charge is 2.14. The van der Waals surface area contributed by atoms with E-state index in [0.29, 0.717) is 12.3 Å². The second-order valence-corrected chi connectivity index (χ2v) is 16.9. The number of hydrogen-bond acceptors (Lipinski definition) is 4. The Morgan fingerprint density at radius 3 is 2.29 bits per heavy atom. The lowest BCUT2D eigenvalue weighted by molar-refractivity contribution is 0.0816. The number of nitrogens with zero attached hydrogens (tertiary/aromatic N) is 2. The van der Waals surface area contributed by atoms with E-state index in [9.17, 15) is 4.79 Å². The molecule has 1 aromatic heterocycles. The van der Waals surface area contributed by atoms with E-state index in [1.807, 2.05) is 65.3 Å². The van der Waals surface area contributed by atoms with Gasteiger partial charge in [0.1, 0.15) is 6.73 Å². The molecule has 0 aliphatic heterocycles. The van der Waals surface area contributed by atoms with Crippen LogP contribution >= 0.6 is 0 Å². The summed E-state index contributed by atoms with van der Waals surface area (Å²) in [7, 11) is -1.18. The SMILES string of the molecule is C[Si](C)(C)CCOCn1nc(C=Cc2ccccc2)c2ccc(Nc3cccc(NC(=O)c4ccccc4)c3)cc21. The zero-order valence-corrected chi connectivity index (χ0v) is 24.8. The van der Waals surface area contributed by atoms with E-state index in [0.717, 1.165) is 51.9 Å². The van der Waals surface area contributed by atoms with Gasteiger partial charge in [0.25, 0.3) is 5.91 Å². The molecule has 0 spiro atoms. The van der Waals surface area contributed by atoms with E-state index in [1.54, 1.807) is 12.1 Å². The van der Waals surface area contributed by atoms with Crippen LogP contribution in [-0.2, 0) is 11.5 Å². The van der Waals surface area contributed by atoms with E-state index >= 15 is 0 Å². The molecule has 0 aliphatic carbocycles. The second kappa shape index (κ2) is 12.8. The van der Waals surface area contributed by atoms with Gasteiger partial charge in [0.15, 0.2) is 0 Å². The summed E-state index contributed by atoms with van der Waals surface area (Å²) < 4.78 is 8.01. The highest BCUT2D eigenvalue weighted by Crippen LogP contribution is 2.27. The molecule has 0 saturated heterocycles. The topological polar surface area (TPSA) is 68.2 Å². The van der Waals surface area contributed by atoms with Crippen molar-refractivity contribution in [3.05, 3.63) is 120 Å². The normalized spacial score (nSPS) is 11.7. The van der Waals surface area contributed by atoms with Crippen LogP contribution in [0.5, 0.6) is 0 Å². The lowest BCUT2D eigenvalue weighted by Gasteiger charge is -2.15. The molecule has 1 heterocycles. The molecule has 2 N–H and O–H groups in total. The third-order valence-corrected chi connectivity index (χ3v) is 8.37. The monoisotopic (exact) mass is 560 g/mol. The molecule has 0 radical (unpaired) electrons. The van der Waals surface area contributed by atoms with Crippen molar-refractivity contribution in [1.82, 2.24) is 9.78 Å². The number of benzene rings is 4. The van der Waals surface area contributed by atoms with Gasteiger partial charge in [-0.2, -0.15) is 5.10 Å². The van der Waals surface area contributed by atoms with Gasteiger partial charge in [0, 0.05) is 42.7 Å². The Labute approximate surface area is 242 Å². The summed E-state index contributed by atoms with van der Waals surface area (Å²) in [5.41, 5.74) is 6.15. The fraction of sp³-hybridized carbons (Fsp3) is 0.176. The summed E-state index contributed by atoms with van der Waals surface area (Å²) in [6.07, 6.45) is 4.14. The quantitative estimate of drug-likeness (QED) is 0.125. The second-order valence-electron chi connectivity index (χ2n) is 11.2. The van der Waals surface area contributed by atoms with Gasteiger partial charge < -0.3 is 15.4 Å². The van der Waals surface area contributed by atoms with Crippen LogP contribution < -0.4 is 10.6 Å². The summed E-state index contributed by atoms with van der Waals surface area (Å²) in [5, 5.41) is 12.4. The van der Waals surface area contributed by atoms with E-state index in [4.69, 9.17) is 9.84 Å². The molecule has 41 heavy (non-hydrogen) atoms. The fourth-order valence-electron chi connectivity index (χ4n) is 4.40. The summed E-state index contributed by atoms with van der Waals surface area (Å²) in [4.78, 5) is 12.6. The highest BCUT2D eigenvalue weighted by atomic mass is 28.3. The lowest BCUT2D eigenvalue weighted by Crippen LogP contribution is -2.22. The largest absolute Gasteiger partial charge is 0.360 e. The number of rotatable bonds is 11. The molecule has 0 aliphatic rings. The number of hydrogen-bond donors (Lipinski definition) is 2. The van der Waals surface area contributed by atoms with E-state index < -0.39 is 8.07 Å². The molecule has 0 unspecified atom stereocenters. The summed E-state index contributed by atoms with van der Waals surface area (Å²) in [6, 6.07) is 34.5. The van der Waals surface area contributed by atoms with Gasteiger partial charge in [-0.3, -0.25) is 4.79 Å². The van der Waals surface area contributed by atoms with Crippen molar-refractivity contribution < 1.29 is 9.53 Å². The van der Waals surface area contributed by atoms with Crippen molar-refractivity contribution in [3.63, 3.8) is 0 Å². The molecule has 0 bridgehead atoms. The van der Waals surface area contributed by atoms with Gasteiger partial charge in [-0.25, -0.2) is 4.68 Å². The number of nitrogens with one attached hydrogen (secondary N) is 2. The van der Waals surface area contributed by atoms with Gasteiger partial charge in [-0.15, -0.1) is 0 Å². The number of amides is 1. The molecule has 0 atom stereocenters. The molecule has 5 aromatic rings. The predicted octanol–water partition coefficient (Wildman–Crippen LogP) is 8.51.